The van der Waals surface area contributed by atoms with Crippen LogP contribution in [0.1, 0.15) is 57.6 Å². The van der Waals surface area contributed by atoms with Crippen LogP contribution < -0.4 is 10.1 Å². The number of rotatable bonds is 6. The molecule has 3 heteroatoms. The first-order valence-corrected chi connectivity index (χ1v) is 7.81. The lowest BCUT2D eigenvalue weighted by Crippen LogP contribution is -2.37. The monoisotopic (exact) mass is 277 g/mol. The van der Waals surface area contributed by atoms with Crippen molar-refractivity contribution in [3.05, 3.63) is 29.8 Å². The van der Waals surface area contributed by atoms with Crippen molar-refractivity contribution in [2.24, 2.45) is 0 Å². The fourth-order valence-corrected chi connectivity index (χ4v) is 2.85. The molecule has 0 heterocycles. The van der Waals surface area contributed by atoms with Gasteiger partial charge in [-0.05, 0) is 44.0 Å². The first-order chi connectivity index (χ1) is 9.63. The zero-order chi connectivity index (χ0) is 14.4. The minimum absolute atomic E-state index is 0.358. The molecule has 20 heavy (non-hydrogen) atoms. The molecule has 0 spiro atoms. The average Bonchev–Trinajstić information content (AvgIpc) is 2.47. The van der Waals surface area contributed by atoms with E-state index in [1.807, 2.05) is 12.1 Å². The Hall–Kier alpha value is -1.06. The zero-order valence-corrected chi connectivity index (χ0v) is 12.7. The van der Waals surface area contributed by atoms with E-state index in [2.05, 4.69) is 31.3 Å². The smallest absolute Gasteiger partial charge is 0.119 e. The molecule has 1 aliphatic carbocycles. The summed E-state index contributed by atoms with van der Waals surface area (Å²) < 4.78 is 5.77. The predicted molar refractivity (Wildman–Crippen MR) is 82.1 cm³/mol. The Morgan fingerprint density at radius 1 is 1.20 bits per heavy atom. The molecule has 3 nitrogen and oxygen atoms in total. The van der Waals surface area contributed by atoms with E-state index in [9.17, 15) is 5.11 Å². The van der Waals surface area contributed by atoms with Crippen LogP contribution in [-0.2, 0) is 0 Å². The number of aliphatic hydroxyl groups is 1. The summed E-state index contributed by atoms with van der Waals surface area (Å²) in [7, 11) is 0. The third-order valence-corrected chi connectivity index (χ3v) is 4.18. The second-order valence-corrected chi connectivity index (χ2v) is 5.92. The lowest BCUT2D eigenvalue weighted by molar-refractivity contribution is -0.0339. The van der Waals surface area contributed by atoms with E-state index in [0.29, 0.717) is 12.6 Å². The summed E-state index contributed by atoms with van der Waals surface area (Å²) in [6, 6.07) is 8.53. The van der Waals surface area contributed by atoms with Crippen LogP contribution in [0.15, 0.2) is 24.3 Å². The molecular weight excluding hydrogens is 250 g/mol. The van der Waals surface area contributed by atoms with Crippen molar-refractivity contribution >= 4 is 0 Å². The van der Waals surface area contributed by atoms with Gasteiger partial charge < -0.3 is 15.2 Å². The van der Waals surface area contributed by atoms with Crippen molar-refractivity contribution in [3.8, 4) is 5.75 Å². The topological polar surface area (TPSA) is 41.5 Å². The molecule has 1 atom stereocenters. The normalized spacial score (nSPS) is 19.6. The highest BCUT2D eigenvalue weighted by Crippen LogP contribution is 2.29. The summed E-state index contributed by atoms with van der Waals surface area (Å²) >= 11 is 0. The predicted octanol–water partition coefficient (Wildman–Crippen LogP) is 3.43. The van der Waals surface area contributed by atoms with Gasteiger partial charge in [-0.25, -0.2) is 0 Å². The Bertz CT molecular complexity index is 396. The summed E-state index contributed by atoms with van der Waals surface area (Å²) in [5, 5.41) is 13.8. The molecule has 112 valence electrons. The van der Waals surface area contributed by atoms with E-state index in [-0.39, 0.29) is 0 Å². The molecule has 0 radical (unpaired) electrons. The van der Waals surface area contributed by atoms with E-state index in [1.54, 1.807) is 0 Å². The number of benzene rings is 1. The number of nitrogens with one attached hydrogen (secondary N) is 1. The third kappa shape index (κ3) is 4.22. The maximum absolute atomic E-state index is 10.4. The Morgan fingerprint density at radius 3 is 2.45 bits per heavy atom. The Morgan fingerprint density at radius 2 is 1.85 bits per heavy atom. The molecular formula is C17H27NO2. The molecule has 0 saturated heterocycles. The van der Waals surface area contributed by atoms with Crippen LogP contribution in [-0.4, -0.2) is 23.9 Å². The SMILES string of the molecule is CCNC(C)c1ccc(OCC2(O)CCCCC2)cc1. The van der Waals surface area contributed by atoms with Gasteiger partial charge in [0.25, 0.3) is 0 Å². The second-order valence-electron chi connectivity index (χ2n) is 5.92. The lowest BCUT2D eigenvalue weighted by Gasteiger charge is -2.31. The molecule has 0 aromatic heterocycles. The molecule has 2 rings (SSSR count). The van der Waals surface area contributed by atoms with E-state index < -0.39 is 5.60 Å². The first kappa shape index (κ1) is 15.3. The fraction of sp³-hybridized carbons (Fsp3) is 0.647. The van der Waals surface area contributed by atoms with Crippen LogP contribution in [0.25, 0.3) is 0 Å². The Balaban J connectivity index is 1.87. The summed E-state index contributed by atoms with van der Waals surface area (Å²) in [4.78, 5) is 0. The largest absolute Gasteiger partial charge is 0.491 e. The standard InChI is InChI=1S/C17H27NO2/c1-3-18-14(2)15-7-9-16(10-8-15)20-13-17(19)11-5-4-6-12-17/h7-10,14,18-19H,3-6,11-13H2,1-2H3. The van der Waals surface area contributed by atoms with Crippen LogP contribution >= 0.6 is 0 Å². The molecule has 1 aromatic rings. The van der Waals surface area contributed by atoms with Gasteiger partial charge in [0.05, 0.1) is 5.60 Å². The van der Waals surface area contributed by atoms with Crippen LogP contribution in [0.5, 0.6) is 5.75 Å². The molecule has 1 unspecified atom stereocenters. The van der Waals surface area contributed by atoms with E-state index >= 15 is 0 Å². The van der Waals surface area contributed by atoms with E-state index in [4.69, 9.17) is 4.74 Å². The van der Waals surface area contributed by atoms with Gasteiger partial charge in [0.2, 0.25) is 0 Å². The zero-order valence-electron chi connectivity index (χ0n) is 12.7. The van der Waals surface area contributed by atoms with Gasteiger partial charge in [0.1, 0.15) is 12.4 Å². The fourth-order valence-electron chi connectivity index (χ4n) is 2.85. The number of hydrogen-bond donors (Lipinski definition) is 2. The van der Waals surface area contributed by atoms with Crippen LogP contribution in [0.4, 0.5) is 0 Å². The van der Waals surface area contributed by atoms with Gasteiger partial charge >= 0.3 is 0 Å². The summed E-state index contributed by atoms with van der Waals surface area (Å²) in [6.07, 6.45) is 5.18. The summed E-state index contributed by atoms with van der Waals surface area (Å²) in [5.41, 5.74) is 0.643. The van der Waals surface area contributed by atoms with Crippen LogP contribution in [0.2, 0.25) is 0 Å². The molecule has 0 bridgehead atoms. The average molecular weight is 277 g/mol. The van der Waals surface area contributed by atoms with Crippen molar-refractivity contribution in [2.45, 2.75) is 57.6 Å². The quantitative estimate of drug-likeness (QED) is 0.837. The van der Waals surface area contributed by atoms with Gasteiger partial charge in [0, 0.05) is 6.04 Å². The molecule has 0 aliphatic heterocycles. The maximum Gasteiger partial charge on any atom is 0.119 e. The Kier molecular flexibility index (Phi) is 5.44. The van der Waals surface area contributed by atoms with Crippen LogP contribution in [0.3, 0.4) is 0 Å². The molecule has 1 aliphatic rings. The molecule has 1 fully saturated rings. The lowest BCUT2D eigenvalue weighted by atomic mass is 9.85. The minimum Gasteiger partial charge on any atom is -0.491 e. The third-order valence-electron chi connectivity index (χ3n) is 4.18. The van der Waals surface area contributed by atoms with Gasteiger partial charge in [-0.3, -0.25) is 0 Å². The van der Waals surface area contributed by atoms with Gasteiger partial charge in [0.15, 0.2) is 0 Å². The van der Waals surface area contributed by atoms with Gasteiger partial charge in [-0.1, -0.05) is 38.3 Å². The van der Waals surface area contributed by atoms with Crippen LogP contribution in [0, 0.1) is 0 Å². The van der Waals surface area contributed by atoms with Crippen molar-refractivity contribution in [2.75, 3.05) is 13.2 Å². The van der Waals surface area contributed by atoms with Crippen molar-refractivity contribution in [1.82, 2.24) is 5.32 Å². The molecule has 1 saturated carbocycles. The van der Waals surface area contributed by atoms with Crippen molar-refractivity contribution in [1.29, 1.82) is 0 Å². The van der Waals surface area contributed by atoms with Crippen molar-refractivity contribution < 1.29 is 9.84 Å². The molecule has 1 aromatic carbocycles. The first-order valence-electron chi connectivity index (χ1n) is 7.81. The second kappa shape index (κ2) is 7.09. The van der Waals surface area contributed by atoms with Gasteiger partial charge in [-0.15, -0.1) is 0 Å². The summed E-state index contributed by atoms with van der Waals surface area (Å²) in [6.45, 7) is 5.64. The highest BCUT2D eigenvalue weighted by Gasteiger charge is 2.29. The molecule has 2 N–H and O–H groups in total. The van der Waals surface area contributed by atoms with E-state index in [0.717, 1.165) is 38.0 Å². The number of hydrogen-bond acceptors (Lipinski definition) is 3. The summed E-state index contributed by atoms with van der Waals surface area (Å²) in [5.74, 6) is 0.844. The maximum atomic E-state index is 10.4. The van der Waals surface area contributed by atoms with Gasteiger partial charge in [-0.2, -0.15) is 0 Å². The highest BCUT2D eigenvalue weighted by molar-refractivity contribution is 5.29. The molecule has 0 amide bonds. The Labute approximate surface area is 122 Å². The minimum atomic E-state index is -0.617. The highest BCUT2D eigenvalue weighted by atomic mass is 16.5. The van der Waals surface area contributed by atoms with E-state index in [1.165, 1.54) is 12.0 Å². The van der Waals surface area contributed by atoms with Crippen molar-refractivity contribution in [3.63, 3.8) is 0 Å². The number of ether oxygens (including phenoxy) is 1.